The van der Waals surface area contributed by atoms with E-state index in [0.717, 1.165) is 37.0 Å². The van der Waals surface area contributed by atoms with Gasteiger partial charge >= 0.3 is 6.03 Å². The molecule has 4 aliphatic carbocycles. The first-order valence-corrected chi connectivity index (χ1v) is 8.35. The van der Waals surface area contributed by atoms with Crippen LogP contribution in [-0.4, -0.2) is 30.6 Å². The molecular weight excluding hydrogens is 278 g/mol. The predicted molar refractivity (Wildman–Crippen MR) is 83.9 cm³/mol. The molecule has 0 spiro atoms. The van der Waals surface area contributed by atoms with Gasteiger partial charge in [0.15, 0.2) is 0 Å². The summed E-state index contributed by atoms with van der Waals surface area (Å²) in [7, 11) is 0. The molecule has 4 saturated carbocycles. The van der Waals surface area contributed by atoms with E-state index in [0.29, 0.717) is 6.54 Å². The molecule has 0 radical (unpaired) electrons. The highest BCUT2D eigenvalue weighted by Crippen LogP contribution is 2.55. The first-order valence-electron chi connectivity index (χ1n) is 8.35. The number of amides is 3. The summed E-state index contributed by atoms with van der Waals surface area (Å²) in [6, 6.07) is -0.133. The van der Waals surface area contributed by atoms with Gasteiger partial charge < -0.3 is 16.0 Å². The van der Waals surface area contributed by atoms with E-state index in [1.807, 2.05) is 0 Å². The second-order valence-electron chi connectivity index (χ2n) is 7.31. The molecule has 0 atom stereocenters. The topological polar surface area (TPSA) is 70.2 Å². The maximum atomic E-state index is 12.1. The van der Waals surface area contributed by atoms with Crippen LogP contribution < -0.4 is 16.0 Å². The SMILES string of the molecule is C#CCNC(=O)CCNC(=O)NC12CC3CC(CC(C3)C1)C2. The minimum Gasteiger partial charge on any atom is -0.345 e. The van der Waals surface area contributed by atoms with Gasteiger partial charge in [0.05, 0.1) is 6.54 Å². The first-order chi connectivity index (χ1) is 10.6. The van der Waals surface area contributed by atoms with Gasteiger partial charge in [0, 0.05) is 18.5 Å². The highest BCUT2D eigenvalue weighted by molar-refractivity contribution is 5.78. The van der Waals surface area contributed by atoms with Crippen LogP contribution in [0.25, 0.3) is 0 Å². The molecule has 0 unspecified atom stereocenters. The lowest BCUT2D eigenvalue weighted by atomic mass is 9.53. The Morgan fingerprint density at radius 1 is 1.05 bits per heavy atom. The van der Waals surface area contributed by atoms with Crippen LogP contribution in [0.2, 0.25) is 0 Å². The fraction of sp³-hybridized carbons (Fsp3) is 0.765. The van der Waals surface area contributed by atoms with Crippen molar-refractivity contribution >= 4 is 11.9 Å². The van der Waals surface area contributed by atoms with Crippen LogP contribution in [0.15, 0.2) is 0 Å². The van der Waals surface area contributed by atoms with Gasteiger partial charge in [0.25, 0.3) is 0 Å². The molecule has 4 aliphatic rings. The number of hydrogen-bond donors (Lipinski definition) is 3. The Kier molecular flexibility index (Phi) is 4.28. The molecule has 5 nitrogen and oxygen atoms in total. The summed E-state index contributed by atoms with van der Waals surface area (Å²) in [5.41, 5.74) is 0.0184. The Morgan fingerprint density at radius 3 is 2.18 bits per heavy atom. The summed E-state index contributed by atoms with van der Waals surface area (Å²) in [5, 5.41) is 8.62. The summed E-state index contributed by atoms with van der Waals surface area (Å²) in [4.78, 5) is 23.6. The molecule has 4 bridgehead atoms. The third-order valence-electron chi connectivity index (χ3n) is 5.44. The zero-order valence-corrected chi connectivity index (χ0v) is 13.0. The first kappa shape index (κ1) is 15.2. The Balaban J connectivity index is 1.42. The van der Waals surface area contributed by atoms with Crippen LogP contribution in [0.4, 0.5) is 4.79 Å². The molecule has 0 aliphatic heterocycles. The van der Waals surface area contributed by atoms with Crippen molar-refractivity contribution in [2.75, 3.05) is 13.1 Å². The van der Waals surface area contributed by atoms with Crippen molar-refractivity contribution in [3.05, 3.63) is 0 Å². The maximum absolute atomic E-state index is 12.1. The van der Waals surface area contributed by atoms with Crippen molar-refractivity contribution in [3.8, 4) is 12.3 Å². The fourth-order valence-electron chi connectivity index (χ4n) is 5.08. The van der Waals surface area contributed by atoms with Gasteiger partial charge in [-0.2, -0.15) is 0 Å². The molecule has 120 valence electrons. The zero-order valence-electron chi connectivity index (χ0n) is 13.0. The lowest BCUT2D eigenvalue weighted by Crippen LogP contribution is -2.61. The van der Waals surface area contributed by atoms with E-state index in [9.17, 15) is 9.59 Å². The Labute approximate surface area is 132 Å². The summed E-state index contributed by atoms with van der Waals surface area (Å²) < 4.78 is 0. The molecule has 3 N–H and O–H groups in total. The zero-order chi connectivity index (χ0) is 15.6. The molecule has 4 fully saturated rings. The second kappa shape index (κ2) is 6.20. The highest BCUT2D eigenvalue weighted by atomic mass is 16.2. The minimum atomic E-state index is -0.133. The van der Waals surface area contributed by atoms with Crippen LogP contribution in [0.5, 0.6) is 0 Å². The molecule has 0 aromatic rings. The summed E-state index contributed by atoms with van der Waals surface area (Å²) in [6.07, 6.45) is 12.8. The molecule has 0 saturated heterocycles. The molecule has 4 rings (SSSR count). The van der Waals surface area contributed by atoms with E-state index in [-0.39, 0.29) is 30.4 Å². The van der Waals surface area contributed by atoms with E-state index in [1.165, 1.54) is 19.3 Å². The monoisotopic (exact) mass is 303 g/mol. The quantitative estimate of drug-likeness (QED) is 0.672. The van der Waals surface area contributed by atoms with Crippen molar-refractivity contribution in [2.45, 2.75) is 50.5 Å². The van der Waals surface area contributed by atoms with E-state index in [1.54, 1.807) is 0 Å². The number of urea groups is 1. The van der Waals surface area contributed by atoms with Crippen LogP contribution in [-0.2, 0) is 4.79 Å². The lowest BCUT2D eigenvalue weighted by Gasteiger charge is -2.56. The number of rotatable bonds is 5. The molecule has 0 aromatic carbocycles. The second-order valence-corrected chi connectivity index (χ2v) is 7.31. The summed E-state index contributed by atoms with van der Waals surface area (Å²) >= 11 is 0. The number of carbonyl (C=O) groups excluding carboxylic acids is 2. The number of nitrogens with one attached hydrogen (secondary N) is 3. The third-order valence-corrected chi connectivity index (χ3v) is 5.44. The maximum Gasteiger partial charge on any atom is 0.315 e. The molecule has 3 amide bonds. The molecule has 5 heteroatoms. The predicted octanol–water partition coefficient (Wildman–Crippen LogP) is 1.39. The molecule has 22 heavy (non-hydrogen) atoms. The van der Waals surface area contributed by atoms with Crippen LogP contribution >= 0.6 is 0 Å². The van der Waals surface area contributed by atoms with Gasteiger partial charge in [-0.3, -0.25) is 4.79 Å². The van der Waals surface area contributed by atoms with E-state index in [2.05, 4.69) is 21.9 Å². The van der Waals surface area contributed by atoms with Crippen molar-refractivity contribution in [2.24, 2.45) is 17.8 Å². The number of hydrogen-bond acceptors (Lipinski definition) is 2. The third kappa shape index (κ3) is 3.37. The van der Waals surface area contributed by atoms with E-state index in [4.69, 9.17) is 6.42 Å². The average Bonchev–Trinajstić information content (AvgIpc) is 2.43. The van der Waals surface area contributed by atoms with E-state index >= 15 is 0 Å². The van der Waals surface area contributed by atoms with Gasteiger partial charge in [0.1, 0.15) is 0 Å². The summed E-state index contributed by atoms with van der Waals surface area (Å²) in [6.45, 7) is 0.576. The number of terminal acetylenes is 1. The summed E-state index contributed by atoms with van der Waals surface area (Å²) in [5.74, 6) is 4.64. The Morgan fingerprint density at radius 2 is 1.64 bits per heavy atom. The van der Waals surface area contributed by atoms with Gasteiger partial charge in [0.2, 0.25) is 5.91 Å². The molecular formula is C17H25N3O2. The van der Waals surface area contributed by atoms with Crippen molar-refractivity contribution < 1.29 is 9.59 Å². The van der Waals surface area contributed by atoms with Crippen molar-refractivity contribution in [1.82, 2.24) is 16.0 Å². The highest BCUT2D eigenvalue weighted by Gasteiger charge is 2.51. The standard InChI is InChI=1S/C17H25N3O2/c1-2-4-18-15(21)3-5-19-16(22)20-17-9-12-6-13(10-17)8-14(7-12)11-17/h1,12-14H,3-11H2,(H,18,21)(H2,19,20,22). The van der Waals surface area contributed by atoms with Crippen molar-refractivity contribution in [1.29, 1.82) is 0 Å². The van der Waals surface area contributed by atoms with Crippen LogP contribution in [0, 0.1) is 30.1 Å². The van der Waals surface area contributed by atoms with Gasteiger partial charge in [-0.15, -0.1) is 6.42 Å². The normalized spacial score (nSPS) is 34.8. The van der Waals surface area contributed by atoms with E-state index < -0.39 is 0 Å². The number of carbonyl (C=O) groups is 2. The van der Waals surface area contributed by atoms with Gasteiger partial charge in [-0.25, -0.2) is 4.79 Å². The Bertz CT molecular complexity index is 459. The van der Waals surface area contributed by atoms with Crippen LogP contribution in [0.3, 0.4) is 0 Å². The largest absolute Gasteiger partial charge is 0.345 e. The molecule has 0 aromatic heterocycles. The van der Waals surface area contributed by atoms with Gasteiger partial charge in [-0.1, -0.05) is 5.92 Å². The minimum absolute atomic E-state index is 0.0184. The van der Waals surface area contributed by atoms with Crippen molar-refractivity contribution in [3.63, 3.8) is 0 Å². The Hall–Kier alpha value is -1.70. The smallest absolute Gasteiger partial charge is 0.315 e. The lowest BCUT2D eigenvalue weighted by molar-refractivity contribution is -0.120. The average molecular weight is 303 g/mol. The molecule has 0 heterocycles. The fourth-order valence-corrected chi connectivity index (χ4v) is 5.08. The van der Waals surface area contributed by atoms with Crippen LogP contribution in [0.1, 0.15) is 44.9 Å². The van der Waals surface area contributed by atoms with Gasteiger partial charge in [-0.05, 0) is 56.3 Å².